The predicted molar refractivity (Wildman–Crippen MR) is 110 cm³/mol. The van der Waals surface area contributed by atoms with Gasteiger partial charge in [-0.2, -0.15) is 4.72 Å². The van der Waals surface area contributed by atoms with Crippen molar-refractivity contribution < 1.29 is 22.7 Å². The van der Waals surface area contributed by atoms with Crippen LogP contribution in [0.2, 0.25) is 0 Å². The number of aryl methyl sites for hydroxylation is 1. The highest BCUT2D eigenvalue weighted by Gasteiger charge is 2.21. The van der Waals surface area contributed by atoms with Gasteiger partial charge in [-0.3, -0.25) is 9.59 Å². The van der Waals surface area contributed by atoms with E-state index in [0.29, 0.717) is 11.4 Å². The molecule has 9 heteroatoms. The van der Waals surface area contributed by atoms with E-state index in [1.165, 1.54) is 38.1 Å². The summed E-state index contributed by atoms with van der Waals surface area (Å²) in [6.07, 6.45) is 0. The van der Waals surface area contributed by atoms with Crippen molar-refractivity contribution in [1.29, 1.82) is 0 Å². The number of benzene rings is 2. The molecule has 156 valence electrons. The molecule has 0 saturated carbocycles. The van der Waals surface area contributed by atoms with Gasteiger partial charge in [0.25, 0.3) is 0 Å². The number of rotatable bonds is 9. The first kappa shape index (κ1) is 22.4. The Morgan fingerprint density at radius 3 is 2.41 bits per heavy atom. The summed E-state index contributed by atoms with van der Waals surface area (Å²) >= 11 is 0. The maximum Gasteiger partial charge on any atom is 0.241 e. The van der Waals surface area contributed by atoms with Crippen LogP contribution in [0.4, 0.5) is 5.69 Å². The fourth-order valence-electron chi connectivity index (χ4n) is 2.48. The van der Waals surface area contributed by atoms with Crippen LogP contribution >= 0.6 is 0 Å². The Labute approximate surface area is 170 Å². The van der Waals surface area contributed by atoms with Gasteiger partial charge in [-0.25, -0.2) is 8.42 Å². The highest BCUT2D eigenvalue weighted by Crippen LogP contribution is 2.14. The van der Waals surface area contributed by atoms with Gasteiger partial charge in [0.2, 0.25) is 21.8 Å². The third-order valence-corrected chi connectivity index (χ3v) is 5.43. The molecule has 3 N–H and O–H groups in total. The van der Waals surface area contributed by atoms with Crippen LogP contribution in [0.5, 0.6) is 5.75 Å². The highest BCUT2D eigenvalue weighted by atomic mass is 32.2. The first-order chi connectivity index (χ1) is 13.7. The number of anilines is 1. The lowest BCUT2D eigenvalue weighted by Gasteiger charge is -2.15. The van der Waals surface area contributed by atoms with E-state index < -0.39 is 22.0 Å². The second kappa shape index (κ2) is 10.0. The number of sulfonamides is 1. The van der Waals surface area contributed by atoms with Crippen LogP contribution in [-0.4, -0.2) is 39.4 Å². The Kier molecular flexibility index (Phi) is 7.74. The van der Waals surface area contributed by atoms with Gasteiger partial charge in [-0.1, -0.05) is 12.1 Å². The van der Waals surface area contributed by atoms with Crippen LogP contribution in [0.25, 0.3) is 0 Å². The van der Waals surface area contributed by atoms with E-state index in [4.69, 9.17) is 4.74 Å². The zero-order valence-corrected chi connectivity index (χ0v) is 17.4. The lowest BCUT2D eigenvalue weighted by molar-refractivity contribution is -0.122. The van der Waals surface area contributed by atoms with Crippen LogP contribution in [-0.2, 0) is 19.6 Å². The van der Waals surface area contributed by atoms with Gasteiger partial charge in [0, 0.05) is 12.6 Å². The Morgan fingerprint density at radius 2 is 1.79 bits per heavy atom. The van der Waals surface area contributed by atoms with E-state index in [1.54, 1.807) is 0 Å². The number of nitrogens with one attached hydrogen (secondary N) is 3. The van der Waals surface area contributed by atoms with Gasteiger partial charge >= 0.3 is 0 Å². The SMILES string of the molecule is CC(=O)Nc1ccc(S(=O)(=O)N[C@@H](C)C(=O)NCCOc2cccc(C)c2)cc1. The van der Waals surface area contributed by atoms with Gasteiger partial charge in [0.05, 0.1) is 17.5 Å². The molecule has 2 rings (SSSR count). The zero-order chi connectivity index (χ0) is 21.4. The number of carbonyl (C=O) groups excluding carboxylic acids is 2. The minimum atomic E-state index is -3.88. The van der Waals surface area contributed by atoms with Gasteiger partial charge < -0.3 is 15.4 Å². The summed E-state index contributed by atoms with van der Waals surface area (Å²) in [6, 6.07) is 12.2. The molecule has 0 bridgehead atoms. The standard InChI is InChI=1S/C20H25N3O5S/c1-14-5-4-6-18(13-14)28-12-11-21-20(25)15(2)23-29(26,27)19-9-7-17(8-10-19)22-16(3)24/h4-10,13,15,23H,11-12H2,1-3H3,(H,21,25)(H,22,24)/t15-/m0/s1. The molecule has 29 heavy (non-hydrogen) atoms. The number of hydrogen-bond acceptors (Lipinski definition) is 5. The van der Waals surface area contributed by atoms with E-state index in [-0.39, 0.29) is 24.0 Å². The minimum Gasteiger partial charge on any atom is -0.492 e. The van der Waals surface area contributed by atoms with Crippen molar-refractivity contribution in [3.63, 3.8) is 0 Å². The fourth-order valence-corrected chi connectivity index (χ4v) is 3.68. The van der Waals surface area contributed by atoms with Gasteiger partial charge in [0.15, 0.2) is 0 Å². The molecule has 1 atom stereocenters. The third kappa shape index (κ3) is 7.20. The summed E-state index contributed by atoms with van der Waals surface area (Å²) in [5, 5.41) is 5.19. The first-order valence-corrected chi connectivity index (χ1v) is 10.5. The molecule has 2 amide bonds. The topological polar surface area (TPSA) is 114 Å². The van der Waals surface area contributed by atoms with Crippen molar-refractivity contribution in [1.82, 2.24) is 10.0 Å². The van der Waals surface area contributed by atoms with Crippen LogP contribution in [0.1, 0.15) is 19.4 Å². The van der Waals surface area contributed by atoms with Crippen molar-refractivity contribution in [2.75, 3.05) is 18.5 Å². The van der Waals surface area contributed by atoms with E-state index >= 15 is 0 Å². The largest absolute Gasteiger partial charge is 0.492 e. The first-order valence-electron chi connectivity index (χ1n) is 9.04. The second-order valence-corrected chi connectivity index (χ2v) is 8.22. The lowest BCUT2D eigenvalue weighted by Crippen LogP contribution is -2.45. The monoisotopic (exact) mass is 419 g/mol. The molecule has 0 spiro atoms. The normalized spacial score (nSPS) is 12.1. The molecule has 0 aliphatic carbocycles. The molecule has 2 aromatic carbocycles. The molecule has 0 aliphatic heterocycles. The van der Waals surface area contributed by atoms with Crippen LogP contribution < -0.4 is 20.1 Å². The van der Waals surface area contributed by atoms with E-state index in [0.717, 1.165) is 5.56 Å². The van der Waals surface area contributed by atoms with Crippen LogP contribution in [0, 0.1) is 6.92 Å². The predicted octanol–water partition coefficient (Wildman–Crippen LogP) is 1.82. The van der Waals surface area contributed by atoms with Crippen LogP contribution in [0.15, 0.2) is 53.4 Å². The summed E-state index contributed by atoms with van der Waals surface area (Å²) in [5.74, 6) is -0.0117. The molecule has 0 aromatic heterocycles. The average molecular weight is 420 g/mol. The van der Waals surface area contributed by atoms with E-state index in [2.05, 4.69) is 15.4 Å². The van der Waals surface area contributed by atoms with Crippen molar-refractivity contribution in [3.8, 4) is 5.75 Å². The summed E-state index contributed by atoms with van der Waals surface area (Å²) < 4.78 is 32.7. The minimum absolute atomic E-state index is 0.00553. The smallest absolute Gasteiger partial charge is 0.241 e. The molecular weight excluding hydrogens is 394 g/mol. The van der Waals surface area contributed by atoms with Crippen molar-refractivity contribution in [3.05, 3.63) is 54.1 Å². The highest BCUT2D eigenvalue weighted by molar-refractivity contribution is 7.89. The Morgan fingerprint density at radius 1 is 1.10 bits per heavy atom. The Bertz CT molecular complexity index is 958. The summed E-state index contributed by atoms with van der Waals surface area (Å²) in [6.45, 7) is 5.28. The Hall–Kier alpha value is -2.91. The second-order valence-electron chi connectivity index (χ2n) is 6.50. The molecule has 0 aliphatic rings. The molecule has 8 nitrogen and oxygen atoms in total. The average Bonchev–Trinajstić information content (AvgIpc) is 2.64. The molecular formula is C20H25N3O5S. The van der Waals surface area contributed by atoms with Gasteiger partial charge in [-0.05, 0) is 55.8 Å². The summed E-state index contributed by atoms with van der Waals surface area (Å²) in [7, 11) is -3.88. The summed E-state index contributed by atoms with van der Waals surface area (Å²) in [5.41, 5.74) is 1.55. The number of carbonyl (C=O) groups is 2. The summed E-state index contributed by atoms with van der Waals surface area (Å²) in [4.78, 5) is 23.2. The number of amides is 2. The lowest BCUT2D eigenvalue weighted by atomic mass is 10.2. The number of ether oxygens (including phenoxy) is 1. The quantitative estimate of drug-likeness (QED) is 0.537. The molecule has 0 fully saturated rings. The van der Waals surface area contributed by atoms with Crippen molar-refractivity contribution >= 4 is 27.5 Å². The molecule has 0 radical (unpaired) electrons. The zero-order valence-electron chi connectivity index (χ0n) is 16.6. The Balaban J connectivity index is 1.83. The maximum atomic E-state index is 12.4. The van der Waals surface area contributed by atoms with E-state index in [1.807, 2.05) is 31.2 Å². The van der Waals surface area contributed by atoms with Gasteiger partial charge in [0.1, 0.15) is 12.4 Å². The molecule has 0 unspecified atom stereocenters. The molecule has 0 heterocycles. The van der Waals surface area contributed by atoms with E-state index in [9.17, 15) is 18.0 Å². The maximum absolute atomic E-state index is 12.4. The van der Waals surface area contributed by atoms with Crippen LogP contribution in [0.3, 0.4) is 0 Å². The van der Waals surface area contributed by atoms with Crippen molar-refractivity contribution in [2.45, 2.75) is 31.7 Å². The number of hydrogen-bond donors (Lipinski definition) is 3. The van der Waals surface area contributed by atoms with Gasteiger partial charge in [-0.15, -0.1) is 0 Å². The fraction of sp³-hybridized carbons (Fsp3) is 0.300. The third-order valence-electron chi connectivity index (χ3n) is 3.87. The molecule has 2 aromatic rings. The molecule has 0 saturated heterocycles. The van der Waals surface area contributed by atoms with Crippen molar-refractivity contribution in [2.24, 2.45) is 0 Å².